The third-order valence-corrected chi connectivity index (χ3v) is 3.31. The maximum atomic E-state index is 11.4. The zero-order valence-corrected chi connectivity index (χ0v) is 10.2. The lowest BCUT2D eigenvalue weighted by atomic mass is 9.83. The second-order valence-corrected chi connectivity index (χ2v) is 4.56. The predicted octanol–water partition coefficient (Wildman–Crippen LogP) is 2.58. The van der Waals surface area contributed by atoms with Crippen LogP contribution >= 0.6 is 0 Å². The van der Waals surface area contributed by atoms with Gasteiger partial charge in [0, 0.05) is 6.42 Å². The number of benzene rings is 1. The standard InChI is InChI=1S/C15H16O3/c1-11-7-3-2-6-10-15(18,14(16)17)13-9-5-4-8-12(11)13/h2-9,11,18H,10H2,1H3,(H,16,17)/b6-2-,7-3-. The van der Waals surface area contributed by atoms with E-state index in [-0.39, 0.29) is 12.3 Å². The third kappa shape index (κ3) is 2.09. The van der Waals surface area contributed by atoms with Crippen LogP contribution in [-0.2, 0) is 10.4 Å². The summed E-state index contributed by atoms with van der Waals surface area (Å²) in [6, 6.07) is 7.16. The second kappa shape index (κ2) is 4.78. The molecule has 0 spiro atoms. The third-order valence-electron chi connectivity index (χ3n) is 3.31. The number of fused-ring (bicyclic) bond motifs is 1. The molecule has 0 amide bonds. The van der Waals surface area contributed by atoms with Crippen LogP contribution in [0.1, 0.15) is 30.4 Å². The van der Waals surface area contributed by atoms with Gasteiger partial charge in [-0.2, -0.15) is 0 Å². The molecule has 0 saturated heterocycles. The highest BCUT2D eigenvalue weighted by atomic mass is 16.4. The van der Waals surface area contributed by atoms with Gasteiger partial charge < -0.3 is 10.2 Å². The summed E-state index contributed by atoms with van der Waals surface area (Å²) in [6.07, 6.45) is 7.39. The fourth-order valence-electron chi connectivity index (χ4n) is 2.23. The highest BCUT2D eigenvalue weighted by molar-refractivity contribution is 5.80. The van der Waals surface area contributed by atoms with E-state index in [9.17, 15) is 15.0 Å². The number of aliphatic carboxylic acids is 1. The van der Waals surface area contributed by atoms with Crippen LogP contribution in [0.25, 0.3) is 0 Å². The van der Waals surface area contributed by atoms with Crippen LogP contribution < -0.4 is 0 Å². The first-order chi connectivity index (χ1) is 8.55. The van der Waals surface area contributed by atoms with Gasteiger partial charge in [-0.15, -0.1) is 0 Å². The van der Waals surface area contributed by atoms with E-state index in [1.165, 1.54) is 0 Å². The van der Waals surface area contributed by atoms with Crippen molar-refractivity contribution in [1.82, 2.24) is 0 Å². The Balaban J connectivity index is 2.65. The Bertz CT molecular complexity index is 516. The molecule has 2 unspecified atom stereocenters. The Labute approximate surface area is 106 Å². The van der Waals surface area contributed by atoms with Crippen LogP contribution in [0.3, 0.4) is 0 Å². The van der Waals surface area contributed by atoms with Crippen molar-refractivity contribution in [2.24, 2.45) is 0 Å². The minimum atomic E-state index is -1.85. The van der Waals surface area contributed by atoms with Crippen LogP contribution in [0.15, 0.2) is 48.6 Å². The molecular weight excluding hydrogens is 228 g/mol. The van der Waals surface area contributed by atoms with Crippen molar-refractivity contribution in [1.29, 1.82) is 0 Å². The number of hydrogen-bond donors (Lipinski definition) is 2. The van der Waals surface area contributed by atoms with Gasteiger partial charge in [0.05, 0.1) is 0 Å². The minimum Gasteiger partial charge on any atom is -0.479 e. The van der Waals surface area contributed by atoms with Gasteiger partial charge in [0.25, 0.3) is 0 Å². The van der Waals surface area contributed by atoms with Crippen LogP contribution in [0, 0.1) is 0 Å². The largest absolute Gasteiger partial charge is 0.479 e. The van der Waals surface area contributed by atoms with Crippen molar-refractivity contribution in [2.45, 2.75) is 24.9 Å². The molecule has 0 radical (unpaired) electrons. The summed E-state index contributed by atoms with van der Waals surface area (Å²) < 4.78 is 0. The van der Waals surface area contributed by atoms with E-state index in [0.29, 0.717) is 5.56 Å². The number of rotatable bonds is 1. The predicted molar refractivity (Wildman–Crippen MR) is 69.3 cm³/mol. The summed E-state index contributed by atoms with van der Waals surface area (Å²) in [5.74, 6) is -1.15. The second-order valence-electron chi connectivity index (χ2n) is 4.56. The van der Waals surface area contributed by atoms with E-state index in [1.54, 1.807) is 24.3 Å². The molecule has 3 nitrogen and oxygen atoms in total. The maximum Gasteiger partial charge on any atom is 0.340 e. The molecule has 0 bridgehead atoms. The molecule has 2 atom stereocenters. The van der Waals surface area contributed by atoms with E-state index < -0.39 is 11.6 Å². The van der Waals surface area contributed by atoms with Gasteiger partial charge in [-0.3, -0.25) is 0 Å². The van der Waals surface area contributed by atoms with Crippen molar-refractivity contribution in [2.75, 3.05) is 0 Å². The summed E-state index contributed by atoms with van der Waals surface area (Å²) in [4.78, 5) is 11.4. The quantitative estimate of drug-likeness (QED) is 0.798. The Morgan fingerprint density at radius 1 is 1.33 bits per heavy atom. The Kier molecular flexibility index (Phi) is 3.34. The molecule has 0 saturated carbocycles. The van der Waals surface area contributed by atoms with Gasteiger partial charge in [0.15, 0.2) is 5.60 Å². The molecule has 0 aliphatic heterocycles. The molecule has 1 aromatic rings. The fraction of sp³-hybridized carbons (Fsp3) is 0.267. The van der Waals surface area contributed by atoms with E-state index >= 15 is 0 Å². The molecule has 1 aliphatic rings. The number of carboxylic acids is 1. The SMILES string of the molecule is CC1/C=C\C=C/CC(O)(C(=O)O)c2ccccc21. The summed E-state index contributed by atoms with van der Waals surface area (Å²) in [5.41, 5.74) is -0.531. The lowest BCUT2D eigenvalue weighted by Gasteiger charge is -2.26. The molecule has 18 heavy (non-hydrogen) atoms. The lowest BCUT2D eigenvalue weighted by molar-refractivity contribution is -0.159. The normalized spacial score (nSPS) is 30.4. The average Bonchev–Trinajstić information content (AvgIpc) is 2.42. The molecule has 94 valence electrons. The molecule has 0 fully saturated rings. The lowest BCUT2D eigenvalue weighted by Crippen LogP contribution is -2.36. The Hall–Kier alpha value is -1.87. The highest BCUT2D eigenvalue weighted by Gasteiger charge is 2.39. The van der Waals surface area contributed by atoms with Crippen molar-refractivity contribution < 1.29 is 15.0 Å². The van der Waals surface area contributed by atoms with Crippen LogP contribution in [-0.4, -0.2) is 16.2 Å². The van der Waals surface area contributed by atoms with E-state index in [4.69, 9.17) is 0 Å². The number of hydrogen-bond acceptors (Lipinski definition) is 2. The van der Waals surface area contributed by atoms with Gasteiger partial charge in [0.1, 0.15) is 0 Å². The first-order valence-electron chi connectivity index (χ1n) is 5.94. The first-order valence-corrected chi connectivity index (χ1v) is 5.94. The zero-order chi connectivity index (χ0) is 13.2. The molecule has 0 aromatic heterocycles. The topological polar surface area (TPSA) is 57.5 Å². The van der Waals surface area contributed by atoms with Crippen molar-refractivity contribution in [3.63, 3.8) is 0 Å². The van der Waals surface area contributed by atoms with E-state index in [1.807, 2.05) is 31.2 Å². The number of carboxylic acid groups (broad SMARTS) is 1. The monoisotopic (exact) mass is 244 g/mol. The zero-order valence-electron chi connectivity index (χ0n) is 10.2. The molecule has 2 N–H and O–H groups in total. The summed E-state index contributed by atoms with van der Waals surface area (Å²) in [7, 11) is 0. The van der Waals surface area contributed by atoms with Crippen LogP contribution in [0.5, 0.6) is 0 Å². The van der Waals surface area contributed by atoms with Gasteiger partial charge >= 0.3 is 5.97 Å². The average molecular weight is 244 g/mol. The maximum absolute atomic E-state index is 11.4. The van der Waals surface area contributed by atoms with E-state index in [2.05, 4.69) is 0 Å². The van der Waals surface area contributed by atoms with Gasteiger partial charge in [0.2, 0.25) is 0 Å². The summed E-state index contributed by atoms with van der Waals surface area (Å²) in [5, 5.41) is 19.8. The molecular formula is C15H16O3. The fourth-order valence-corrected chi connectivity index (χ4v) is 2.23. The molecule has 0 heterocycles. The van der Waals surface area contributed by atoms with Gasteiger partial charge in [-0.05, 0) is 17.0 Å². The summed E-state index contributed by atoms with van der Waals surface area (Å²) in [6.45, 7) is 1.98. The van der Waals surface area contributed by atoms with Crippen LogP contribution in [0.2, 0.25) is 0 Å². The smallest absolute Gasteiger partial charge is 0.340 e. The summed E-state index contributed by atoms with van der Waals surface area (Å²) >= 11 is 0. The van der Waals surface area contributed by atoms with Crippen molar-refractivity contribution in [3.8, 4) is 0 Å². The number of carbonyl (C=O) groups is 1. The van der Waals surface area contributed by atoms with E-state index in [0.717, 1.165) is 5.56 Å². The number of aliphatic hydroxyl groups is 1. The first kappa shape index (κ1) is 12.6. The molecule has 2 rings (SSSR count). The minimum absolute atomic E-state index is 0.0647. The molecule has 1 aromatic carbocycles. The molecule has 3 heteroatoms. The van der Waals surface area contributed by atoms with Crippen molar-refractivity contribution in [3.05, 3.63) is 59.7 Å². The van der Waals surface area contributed by atoms with Crippen LogP contribution in [0.4, 0.5) is 0 Å². The Morgan fingerprint density at radius 3 is 2.78 bits per heavy atom. The molecule has 1 aliphatic carbocycles. The number of allylic oxidation sites excluding steroid dienone is 3. The highest BCUT2D eigenvalue weighted by Crippen LogP contribution is 2.34. The van der Waals surface area contributed by atoms with Crippen molar-refractivity contribution >= 4 is 5.97 Å². The Morgan fingerprint density at radius 2 is 2.06 bits per heavy atom. The van der Waals surface area contributed by atoms with Gasteiger partial charge in [-0.1, -0.05) is 55.5 Å². The van der Waals surface area contributed by atoms with Gasteiger partial charge in [-0.25, -0.2) is 4.79 Å².